The third-order valence-corrected chi connectivity index (χ3v) is 18.9. The summed E-state index contributed by atoms with van der Waals surface area (Å²) in [6, 6.07) is 14.6. The Bertz CT molecular complexity index is 2910. The molecular formula is C58H82Cl2N10O8S2. The number of nitrogens with two attached hydrogens (primary N) is 2. The SMILES string of the molecule is Cc1cc(Cl)cc2c1CN(C)CC2c1c(C)ccc(S(N)(=O)=O)c1[C@H]1CCN(CCOCCNC(=O)NCCCCNC(=O)NCCOCCN2CC[C@H](c3c(S(N)(=O)=O)ccc(C)c3C3CN(C)Cc4c(C)cc(Cl)cc43)C2)C1. The molecule has 0 aromatic heterocycles. The first-order valence-corrected chi connectivity index (χ1v) is 31.8. The van der Waals surface area contributed by atoms with E-state index in [1.54, 1.807) is 12.1 Å². The zero-order valence-electron chi connectivity index (χ0n) is 47.3. The Kier molecular flexibility index (Phi) is 21.0. The zero-order valence-corrected chi connectivity index (χ0v) is 50.4. The van der Waals surface area contributed by atoms with Crippen LogP contribution in [0.1, 0.15) is 116 Å². The molecule has 0 bridgehead atoms. The molecule has 2 saturated heterocycles. The Hall–Kier alpha value is -4.42. The Morgan fingerprint density at radius 3 is 1.32 bits per heavy atom. The molecule has 4 atom stereocenters. The number of nitrogens with one attached hydrogen (secondary N) is 4. The molecule has 4 aromatic rings. The van der Waals surface area contributed by atoms with Crippen LogP contribution < -0.4 is 31.5 Å². The number of unbranched alkanes of at least 4 members (excludes halogenated alkanes) is 1. The predicted octanol–water partition coefficient (Wildman–Crippen LogP) is 6.37. The number of carbonyl (C=O) groups is 2. The van der Waals surface area contributed by atoms with Gasteiger partial charge in [0.15, 0.2) is 0 Å². The molecule has 4 amide bonds. The lowest BCUT2D eigenvalue weighted by Crippen LogP contribution is -2.39. The lowest BCUT2D eigenvalue weighted by Gasteiger charge is -2.36. The van der Waals surface area contributed by atoms with Crippen LogP contribution in [-0.4, -0.2) is 168 Å². The molecule has 0 spiro atoms. The highest BCUT2D eigenvalue weighted by atomic mass is 35.5. The normalized spacial score (nSPS) is 20.2. The first-order valence-electron chi connectivity index (χ1n) is 28.0. The Balaban J connectivity index is 0.680. The lowest BCUT2D eigenvalue weighted by atomic mass is 9.77. The monoisotopic (exact) mass is 1180 g/mol. The average Bonchev–Trinajstić information content (AvgIpc) is 4.06. The van der Waals surface area contributed by atoms with E-state index in [0.717, 1.165) is 108 Å². The fourth-order valence-corrected chi connectivity index (χ4v) is 15.0. The number of hydrogen-bond acceptors (Lipinski definition) is 12. The number of benzene rings is 4. The molecule has 22 heteroatoms. The van der Waals surface area contributed by atoms with Gasteiger partial charge in [0.25, 0.3) is 0 Å². The number of carbonyl (C=O) groups excluding carboxylic acids is 2. The van der Waals surface area contributed by atoms with Crippen LogP contribution in [0, 0.1) is 27.7 Å². The number of sulfonamides is 2. The maximum atomic E-state index is 13.1. The smallest absolute Gasteiger partial charge is 0.314 e. The standard InChI is InChI=1S/C58H82Cl2N10O8S2/c1-37-9-11-51(79(61,73)74)55(53(37)49-35-67(5)33-47-39(3)27-43(59)29-45(47)49)41-13-19-69(31-41)21-25-77-23-17-65-57(71)63-15-7-8-16-64-58(72)66-18-24-78-26-22-70-20-14-42(32-70)56-52(80(62,75)76)12-10-38(2)54(56)50-36-68(6)34-48-40(4)28-44(60)30-46(48)50/h9-12,27-30,41-42,49-50H,7-8,13-26,31-36H2,1-6H3,(H2,61,73,74)(H2,62,75,76)(H2,63,65,71)(H2,64,66,72)/t41-,42-,49?,50?/m0/s1. The van der Waals surface area contributed by atoms with E-state index < -0.39 is 20.0 Å². The van der Waals surface area contributed by atoms with Crippen molar-refractivity contribution >= 4 is 55.3 Å². The molecule has 80 heavy (non-hydrogen) atoms. The Morgan fingerprint density at radius 2 is 0.938 bits per heavy atom. The molecule has 8 rings (SSSR count). The van der Waals surface area contributed by atoms with Gasteiger partial charge in [0.1, 0.15) is 0 Å². The number of halogens is 2. The maximum absolute atomic E-state index is 13.1. The van der Waals surface area contributed by atoms with Gasteiger partial charge < -0.3 is 50.3 Å². The second-order valence-corrected chi connectivity index (χ2v) is 26.4. The summed E-state index contributed by atoms with van der Waals surface area (Å²) in [7, 11) is -3.82. The molecule has 0 saturated carbocycles. The summed E-state index contributed by atoms with van der Waals surface area (Å²) >= 11 is 13.2. The van der Waals surface area contributed by atoms with Gasteiger partial charge in [-0.1, -0.05) is 35.3 Å². The summed E-state index contributed by atoms with van der Waals surface area (Å²) in [6.45, 7) is 18.8. The topological polar surface area (TPSA) is 234 Å². The van der Waals surface area contributed by atoms with Crippen molar-refractivity contribution in [3.05, 3.63) is 125 Å². The lowest BCUT2D eigenvalue weighted by molar-refractivity contribution is 0.113. The first-order chi connectivity index (χ1) is 38.1. The van der Waals surface area contributed by atoms with Gasteiger partial charge in [-0.05, 0) is 196 Å². The van der Waals surface area contributed by atoms with Crippen molar-refractivity contribution in [2.45, 2.75) is 99.9 Å². The number of amides is 4. The van der Waals surface area contributed by atoms with Crippen LogP contribution >= 0.6 is 23.2 Å². The van der Waals surface area contributed by atoms with Crippen LogP contribution in [0.3, 0.4) is 0 Å². The van der Waals surface area contributed by atoms with Crippen molar-refractivity contribution in [1.82, 2.24) is 40.9 Å². The van der Waals surface area contributed by atoms with Gasteiger partial charge >= 0.3 is 12.1 Å². The number of primary sulfonamides is 2. The fourth-order valence-electron chi connectivity index (χ4n) is 12.7. The van der Waals surface area contributed by atoms with Crippen molar-refractivity contribution in [2.75, 3.05) is 119 Å². The highest BCUT2D eigenvalue weighted by Crippen LogP contribution is 2.46. The third kappa shape index (κ3) is 15.4. The molecule has 4 aliphatic heterocycles. The Labute approximate surface area is 484 Å². The van der Waals surface area contributed by atoms with Crippen molar-refractivity contribution in [2.24, 2.45) is 10.3 Å². The summed E-state index contributed by atoms with van der Waals surface area (Å²) in [6.07, 6.45) is 2.93. The second kappa shape index (κ2) is 27.3. The highest BCUT2D eigenvalue weighted by Gasteiger charge is 2.38. The molecule has 438 valence electrons. The van der Waals surface area contributed by atoms with Crippen LogP contribution in [0.4, 0.5) is 9.59 Å². The van der Waals surface area contributed by atoms with Crippen molar-refractivity contribution < 1.29 is 35.9 Å². The summed E-state index contributed by atoms with van der Waals surface area (Å²) in [5.41, 5.74) is 12.7. The van der Waals surface area contributed by atoms with Crippen LogP contribution in [0.15, 0.2) is 58.3 Å². The van der Waals surface area contributed by atoms with Gasteiger partial charge in [-0.2, -0.15) is 0 Å². The quantitative estimate of drug-likeness (QED) is 0.0445. The van der Waals surface area contributed by atoms with Crippen LogP contribution in [0.25, 0.3) is 0 Å². The predicted molar refractivity (Wildman–Crippen MR) is 315 cm³/mol. The minimum atomic E-state index is -4.00. The largest absolute Gasteiger partial charge is 0.378 e. The van der Waals surface area contributed by atoms with E-state index in [1.165, 1.54) is 11.1 Å². The van der Waals surface area contributed by atoms with Crippen LogP contribution in [0.5, 0.6) is 0 Å². The van der Waals surface area contributed by atoms with E-state index >= 15 is 0 Å². The molecule has 0 aliphatic carbocycles. The van der Waals surface area contributed by atoms with Gasteiger partial charge in [-0.15, -0.1) is 0 Å². The molecule has 4 aliphatic rings. The number of likely N-dealkylation sites (N-methyl/N-ethyl adjacent to an activating group) is 2. The molecule has 18 nitrogen and oxygen atoms in total. The van der Waals surface area contributed by atoms with E-state index in [9.17, 15) is 26.4 Å². The van der Waals surface area contributed by atoms with Crippen molar-refractivity contribution in [3.63, 3.8) is 0 Å². The van der Waals surface area contributed by atoms with Gasteiger partial charge in [-0.25, -0.2) is 36.7 Å². The van der Waals surface area contributed by atoms with E-state index in [0.29, 0.717) is 102 Å². The van der Waals surface area contributed by atoms with E-state index in [1.807, 2.05) is 36.4 Å². The maximum Gasteiger partial charge on any atom is 0.314 e. The number of ether oxygens (including phenoxy) is 2. The number of aryl methyl sites for hydroxylation is 4. The molecule has 2 fully saturated rings. The molecule has 8 N–H and O–H groups in total. The van der Waals surface area contributed by atoms with Crippen molar-refractivity contribution in [1.29, 1.82) is 0 Å². The van der Waals surface area contributed by atoms with Gasteiger partial charge in [0.2, 0.25) is 20.0 Å². The third-order valence-electron chi connectivity index (χ3n) is 16.5. The van der Waals surface area contributed by atoms with E-state index in [2.05, 4.69) is 82.7 Å². The summed E-state index contributed by atoms with van der Waals surface area (Å²) in [4.78, 5) is 34.4. The fraction of sp³-hybridized carbons (Fsp3) is 0.552. The van der Waals surface area contributed by atoms with Crippen LogP contribution in [0.2, 0.25) is 10.0 Å². The van der Waals surface area contributed by atoms with Gasteiger partial charge in [0.05, 0.1) is 36.2 Å². The molecule has 2 unspecified atom stereocenters. The summed E-state index contributed by atoms with van der Waals surface area (Å²) < 4.78 is 64.3. The first kappa shape index (κ1) is 61.6. The highest BCUT2D eigenvalue weighted by molar-refractivity contribution is 7.89. The molecular weight excluding hydrogens is 1100 g/mol. The minimum absolute atomic E-state index is 0.0339. The van der Waals surface area contributed by atoms with Gasteiger partial charge in [0, 0.05) is 100 Å². The summed E-state index contributed by atoms with van der Waals surface area (Å²) in [5, 5.41) is 24.5. The van der Waals surface area contributed by atoms with Crippen LogP contribution in [-0.2, 0) is 42.6 Å². The Morgan fingerprint density at radius 1 is 0.550 bits per heavy atom. The van der Waals surface area contributed by atoms with Crippen molar-refractivity contribution in [3.8, 4) is 0 Å². The zero-order chi connectivity index (χ0) is 57.5. The number of hydrogen-bond donors (Lipinski definition) is 6. The number of rotatable bonds is 23. The second-order valence-electron chi connectivity index (χ2n) is 22.5. The average molecular weight is 1180 g/mol. The number of urea groups is 2. The molecule has 4 heterocycles. The summed E-state index contributed by atoms with van der Waals surface area (Å²) in [5.74, 6) is -0.194. The molecule has 0 radical (unpaired) electrons. The van der Waals surface area contributed by atoms with E-state index in [4.69, 9.17) is 43.0 Å². The number of nitrogens with zero attached hydrogens (tertiary/aromatic N) is 4. The number of fused-ring (bicyclic) bond motifs is 2. The van der Waals surface area contributed by atoms with Gasteiger partial charge in [-0.3, -0.25) is 0 Å². The van der Waals surface area contributed by atoms with E-state index in [-0.39, 0.29) is 45.5 Å². The minimum Gasteiger partial charge on any atom is -0.378 e. The molecule has 4 aromatic carbocycles. The number of likely N-dealkylation sites (tertiary alicyclic amines) is 2.